The summed E-state index contributed by atoms with van der Waals surface area (Å²) < 4.78 is 5.02. The number of esters is 1. The number of hydrogen-bond donors (Lipinski definition) is 1. The maximum atomic E-state index is 11.9. The van der Waals surface area contributed by atoms with Crippen LogP contribution in [0.25, 0.3) is 0 Å². The summed E-state index contributed by atoms with van der Waals surface area (Å²) in [5.41, 5.74) is 5.22. The van der Waals surface area contributed by atoms with Gasteiger partial charge in [-0.1, -0.05) is 47.5 Å². The van der Waals surface area contributed by atoms with Gasteiger partial charge in [0.05, 0.1) is 5.75 Å². The van der Waals surface area contributed by atoms with Gasteiger partial charge in [-0.3, -0.25) is 9.59 Å². The molecule has 0 atom stereocenters. The van der Waals surface area contributed by atoms with E-state index in [4.69, 9.17) is 4.74 Å². The van der Waals surface area contributed by atoms with Gasteiger partial charge in [-0.15, -0.1) is 11.8 Å². The lowest BCUT2D eigenvalue weighted by atomic mass is 10.1. The van der Waals surface area contributed by atoms with E-state index in [1.807, 2.05) is 63.2 Å². The van der Waals surface area contributed by atoms with E-state index in [0.29, 0.717) is 0 Å². The highest BCUT2D eigenvalue weighted by molar-refractivity contribution is 7.99. The lowest BCUT2D eigenvalue weighted by Gasteiger charge is -2.09. The topological polar surface area (TPSA) is 55.4 Å². The number of rotatable bonds is 7. The Bertz CT molecular complexity index is 741. The van der Waals surface area contributed by atoms with Crippen molar-refractivity contribution >= 4 is 29.3 Å². The molecule has 25 heavy (non-hydrogen) atoms. The van der Waals surface area contributed by atoms with E-state index in [2.05, 4.69) is 5.32 Å². The van der Waals surface area contributed by atoms with Crippen molar-refractivity contribution in [3.63, 3.8) is 0 Å². The first-order valence-corrected chi connectivity index (χ1v) is 9.25. The van der Waals surface area contributed by atoms with E-state index in [-0.39, 0.29) is 24.2 Å². The van der Waals surface area contributed by atoms with Gasteiger partial charge in [0.25, 0.3) is 5.91 Å². The Balaban J connectivity index is 1.68. The summed E-state index contributed by atoms with van der Waals surface area (Å²) in [5.74, 6) is 0.256. The average molecular weight is 357 g/mol. The van der Waals surface area contributed by atoms with E-state index in [1.165, 1.54) is 17.3 Å². The van der Waals surface area contributed by atoms with Gasteiger partial charge in [0.1, 0.15) is 0 Å². The molecule has 0 heterocycles. The number of carbonyl (C=O) groups is 2. The van der Waals surface area contributed by atoms with E-state index in [9.17, 15) is 9.59 Å². The normalized spacial score (nSPS) is 10.4. The number of benzene rings is 2. The summed E-state index contributed by atoms with van der Waals surface area (Å²) in [6.07, 6.45) is 0. The summed E-state index contributed by atoms with van der Waals surface area (Å²) >= 11 is 1.47. The Morgan fingerprint density at radius 1 is 1.00 bits per heavy atom. The molecule has 0 aromatic heterocycles. The number of hydrogen-bond acceptors (Lipinski definition) is 4. The predicted octanol–water partition coefficient (Wildman–Crippen LogP) is 4.03. The second kappa shape index (κ2) is 9.28. The summed E-state index contributed by atoms with van der Waals surface area (Å²) in [7, 11) is 0. The van der Waals surface area contributed by atoms with Crippen molar-refractivity contribution in [1.29, 1.82) is 0 Å². The highest BCUT2D eigenvalue weighted by atomic mass is 32.2. The van der Waals surface area contributed by atoms with Gasteiger partial charge in [0, 0.05) is 11.4 Å². The number of aryl methyl sites for hydroxylation is 3. The Morgan fingerprint density at radius 3 is 2.36 bits per heavy atom. The molecule has 5 heteroatoms. The minimum absolute atomic E-state index is 0.227. The molecule has 132 valence electrons. The Hall–Kier alpha value is -2.27. The summed E-state index contributed by atoms with van der Waals surface area (Å²) in [6.45, 7) is 5.69. The fourth-order valence-corrected chi connectivity index (χ4v) is 3.04. The third-order valence-electron chi connectivity index (χ3n) is 3.63. The molecule has 0 radical (unpaired) electrons. The van der Waals surface area contributed by atoms with E-state index in [0.717, 1.165) is 28.1 Å². The van der Waals surface area contributed by atoms with Crippen LogP contribution in [0.15, 0.2) is 42.5 Å². The van der Waals surface area contributed by atoms with Crippen LogP contribution in [-0.2, 0) is 20.1 Å². The van der Waals surface area contributed by atoms with Crippen molar-refractivity contribution in [1.82, 2.24) is 0 Å². The molecule has 1 amide bonds. The fourth-order valence-electron chi connectivity index (χ4n) is 2.26. The summed E-state index contributed by atoms with van der Waals surface area (Å²) in [5, 5.41) is 2.76. The van der Waals surface area contributed by atoms with Crippen molar-refractivity contribution in [2.24, 2.45) is 0 Å². The molecule has 0 unspecified atom stereocenters. The van der Waals surface area contributed by atoms with Crippen LogP contribution in [0.3, 0.4) is 0 Å². The van der Waals surface area contributed by atoms with Crippen LogP contribution >= 0.6 is 11.8 Å². The maximum Gasteiger partial charge on any atom is 0.316 e. The van der Waals surface area contributed by atoms with Gasteiger partial charge in [0.15, 0.2) is 6.61 Å². The number of ether oxygens (including phenoxy) is 1. The number of thioether (sulfide) groups is 1. The smallest absolute Gasteiger partial charge is 0.316 e. The molecule has 2 aromatic rings. The molecule has 0 aliphatic rings. The number of amides is 1. The number of carbonyl (C=O) groups excluding carboxylic acids is 2. The summed E-state index contributed by atoms with van der Waals surface area (Å²) in [4.78, 5) is 23.6. The highest BCUT2D eigenvalue weighted by Crippen LogP contribution is 2.16. The summed E-state index contributed by atoms with van der Waals surface area (Å²) in [6, 6.07) is 14.0. The Labute approximate surface area is 153 Å². The molecule has 2 rings (SSSR count). The molecule has 0 fully saturated rings. The third-order valence-corrected chi connectivity index (χ3v) is 4.61. The van der Waals surface area contributed by atoms with Gasteiger partial charge in [-0.05, 0) is 38.0 Å². The Kier molecular flexibility index (Phi) is 7.07. The van der Waals surface area contributed by atoms with Crippen LogP contribution in [0.2, 0.25) is 0 Å². The molecule has 1 N–H and O–H groups in total. The van der Waals surface area contributed by atoms with Gasteiger partial charge in [-0.2, -0.15) is 0 Å². The van der Waals surface area contributed by atoms with Gasteiger partial charge in [-0.25, -0.2) is 0 Å². The molecule has 0 bridgehead atoms. The van der Waals surface area contributed by atoms with E-state index < -0.39 is 0 Å². The number of anilines is 1. The minimum atomic E-state index is -0.382. The standard InChI is InChI=1S/C20H23NO3S/c1-14-4-7-17(8-5-14)12-25-13-20(23)24-11-19(22)21-18-9-6-15(2)10-16(18)3/h4-10H,11-13H2,1-3H3,(H,21,22). The molecule has 0 spiro atoms. The van der Waals surface area contributed by atoms with Gasteiger partial charge >= 0.3 is 5.97 Å². The van der Waals surface area contributed by atoms with Crippen molar-refractivity contribution in [2.45, 2.75) is 26.5 Å². The van der Waals surface area contributed by atoms with Crippen molar-refractivity contribution in [3.05, 3.63) is 64.7 Å². The predicted molar refractivity (Wildman–Crippen MR) is 103 cm³/mol. The molecular weight excluding hydrogens is 334 g/mol. The van der Waals surface area contributed by atoms with Gasteiger partial charge in [0.2, 0.25) is 0 Å². The molecular formula is C20H23NO3S. The SMILES string of the molecule is Cc1ccc(CSCC(=O)OCC(=O)Nc2ccc(C)cc2C)cc1. The molecule has 0 saturated heterocycles. The monoisotopic (exact) mass is 357 g/mol. The van der Waals surface area contributed by atoms with Crippen LogP contribution in [0.5, 0.6) is 0 Å². The number of nitrogens with one attached hydrogen (secondary N) is 1. The van der Waals surface area contributed by atoms with Crippen molar-refractivity contribution in [3.8, 4) is 0 Å². The van der Waals surface area contributed by atoms with Crippen molar-refractivity contribution < 1.29 is 14.3 Å². The zero-order valence-electron chi connectivity index (χ0n) is 14.8. The molecule has 0 saturated carbocycles. The zero-order valence-corrected chi connectivity index (χ0v) is 15.6. The molecule has 2 aromatic carbocycles. The third kappa shape index (κ3) is 6.63. The second-order valence-electron chi connectivity index (χ2n) is 6.01. The highest BCUT2D eigenvalue weighted by Gasteiger charge is 2.09. The molecule has 0 aliphatic heterocycles. The quantitative estimate of drug-likeness (QED) is 0.760. The van der Waals surface area contributed by atoms with Crippen LogP contribution in [0.4, 0.5) is 5.69 Å². The molecule has 4 nitrogen and oxygen atoms in total. The first kappa shape index (κ1) is 19.1. The van der Waals surface area contributed by atoms with Crippen LogP contribution in [0, 0.1) is 20.8 Å². The lowest BCUT2D eigenvalue weighted by molar-refractivity contribution is -0.144. The van der Waals surface area contributed by atoms with Crippen LogP contribution < -0.4 is 5.32 Å². The first-order valence-electron chi connectivity index (χ1n) is 8.10. The molecule has 0 aliphatic carbocycles. The fraction of sp³-hybridized carbons (Fsp3) is 0.300. The van der Waals surface area contributed by atoms with E-state index in [1.54, 1.807) is 0 Å². The van der Waals surface area contributed by atoms with Gasteiger partial charge < -0.3 is 10.1 Å². The van der Waals surface area contributed by atoms with Crippen molar-refractivity contribution in [2.75, 3.05) is 17.7 Å². The maximum absolute atomic E-state index is 11.9. The van der Waals surface area contributed by atoms with Crippen LogP contribution in [0.1, 0.15) is 22.3 Å². The Morgan fingerprint density at radius 2 is 1.68 bits per heavy atom. The minimum Gasteiger partial charge on any atom is -0.455 e. The lowest BCUT2D eigenvalue weighted by Crippen LogP contribution is -2.22. The zero-order chi connectivity index (χ0) is 18.2. The first-order chi connectivity index (χ1) is 11.9. The second-order valence-corrected chi connectivity index (χ2v) is 6.99. The van der Waals surface area contributed by atoms with Crippen LogP contribution in [-0.4, -0.2) is 24.2 Å². The average Bonchev–Trinajstić information content (AvgIpc) is 2.57. The largest absolute Gasteiger partial charge is 0.455 e. The van der Waals surface area contributed by atoms with E-state index >= 15 is 0 Å².